The summed E-state index contributed by atoms with van der Waals surface area (Å²) >= 11 is 6.17. The standard InChI is InChI=1S/C13H15ClO/c1-8-11(14)9-6-5-7-10(12(9)15-8)13(2,3)4/h5-7H,1-4H3. The van der Waals surface area contributed by atoms with E-state index in [-0.39, 0.29) is 5.41 Å². The molecule has 0 amide bonds. The van der Waals surface area contributed by atoms with Crippen molar-refractivity contribution in [2.75, 3.05) is 0 Å². The summed E-state index contributed by atoms with van der Waals surface area (Å²) < 4.78 is 5.72. The average molecular weight is 223 g/mol. The Morgan fingerprint density at radius 3 is 2.47 bits per heavy atom. The molecule has 0 bridgehead atoms. The van der Waals surface area contributed by atoms with E-state index in [1.165, 1.54) is 5.56 Å². The van der Waals surface area contributed by atoms with Crippen molar-refractivity contribution < 1.29 is 4.42 Å². The Kier molecular flexibility index (Phi) is 2.31. The highest BCUT2D eigenvalue weighted by atomic mass is 35.5. The molecule has 0 aliphatic rings. The third-order valence-corrected chi connectivity index (χ3v) is 3.09. The maximum atomic E-state index is 6.17. The molecule has 0 unspecified atom stereocenters. The molecule has 2 rings (SSSR count). The summed E-state index contributed by atoms with van der Waals surface area (Å²) in [5, 5.41) is 1.75. The van der Waals surface area contributed by atoms with Crippen LogP contribution < -0.4 is 0 Å². The lowest BCUT2D eigenvalue weighted by atomic mass is 9.86. The van der Waals surface area contributed by atoms with Crippen LogP contribution in [0.1, 0.15) is 32.1 Å². The van der Waals surface area contributed by atoms with Crippen LogP contribution in [0.4, 0.5) is 0 Å². The molecule has 15 heavy (non-hydrogen) atoms. The van der Waals surface area contributed by atoms with Gasteiger partial charge in [-0.05, 0) is 18.4 Å². The molecule has 1 nitrogen and oxygen atoms in total. The second kappa shape index (κ2) is 3.28. The third kappa shape index (κ3) is 1.65. The van der Waals surface area contributed by atoms with E-state index in [0.717, 1.165) is 21.8 Å². The van der Waals surface area contributed by atoms with Crippen molar-refractivity contribution in [3.63, 3.8) is 0 Å². The van der Waals surface area contributed by atoms with Crippen LogP contribution in [-0.4, -0.2) is 0 Å². The maximum absolute atomic E-state index is 6.17. The Balaban J connectivity index is 2.83. The van der Waals surface area contributed by atoms with Crippen LogP contribution in [0, 0.1) is 6.92 Å². The van der Waals surface area contributed by atoms with E-state index < -0.39 is 0 Å². The summed E-state index contributed by atoms with van der Waals surface area (Å²) in [6.45, 7) is 8.42. The normalized spacial score (nSPS) is 12.3. The molecule has 2 heteroatoms. The first-order chi connectivity index (χ1) is 6.91. The van der Waals surface area contributed by atoms with Crippen LogP contribution >= 0.6 is 11.6 Å². The topological polar surface area (TPSA) is 13.1 Å². The number of hydrogen-bond acceptors (Lipinski definition) is 1. The molecule has 2 aromatic rings. The van der Waals surface area contributed by atoms with Gasteiger partial charge in [0.2, 0.25) is 0 Å². The minimum atomic E-state index is 0.0765. The van der Waals surface area contributed by atoms with Crippen LogP contribution in [-0.2, 0) is 5.41 Å². The average Bonchev–Trinajstić information content (AvgIpc) is 2.41. The summed E-state index contributed by atoms with van der Waals surface area (Å²) in [6, 6.07) is 6.13. The van der Waals surface area contributed by atoms with E-state index in [9.17, 15) is 0 Å². The number of furan rings is 1. The zero-order valence-corrected chi connectivity index (χ0v) is 10.3. The van der Waals surface area contributed by atoms with Crippen molar-refractivity contribution in [3.05, 3.63) is 34.5 Å². The van der Waals surface area contributed by atoms with E-state index in [1.807, 2.05) is 19.1 Å². The predicted octanol–water partition coefficient (Wildman–Crippen LogP) is 4.69. The lowest BCUT2D eigenvalue weighted by Crippen LogP contribution is -2.10. The van der Waals surface area contributed by atoms with Crippen LogP contribution in [0.5, 0.6) is 0 Å². The fourth-order valence-electron chi connectivity index (χ4n) is 1.80. The smallest absolute Gasteiger partial charge is 0.139 e. The second-order valence-electron chi connectivity index (χ2n) is 4.90. The summed E-state index contributed by atoms with van der Waals surface area (Å²) in [6.07, 6.45) is 0. The van der Waals surface area contributed by atoms with Gasteiger partial charge in [0.1, 0.15) is 11.3 Å². The predicted molar refractivity (Wildman–Crippen MR) is 64.7 cm³/mol. The van der Waals surface area contributed by atoms with Gasteiger partial charge in [-0.15, -0.1) is 0 Å². The SMILES string of the molecule is Cc1oc2c(C(C)(C)C)cccc2c1Cl. The van der Waals surface area contributed by atoms with Gasteiger partial charge in [0.15, 0.2) is 0 Å². The van der Waals surface area contributed by atoms with Crippen LogP contribution in [0.2, 0.25) is 5.02 Å². The lowest BCUT2D eigenvalue weighted by Gasteiger charge is -2.18. The highest BCUT2D eigenvalue weighted by molar-refractivity contribution is 6.36. The Bertz CT molecular complexity index is 503. The quantitative estimate of drug-likeness (QED) is 0.630. The Labute approximate surface area is 95.0 Å². The zero-order valence-electron chi connectivity index (χ0n) is 9.52. The minimum absolute atomic E-state index is 0.0765. The molecule has 1 heterocycles. The zero-order chi connectivity index (χ0) is 11.2. The largest absolute Gasteiger partial charge is 0.459 e. The number of hydrogen-bond donors (Lipinski definition) is 0. The molecule has 0 fully saturated rings. The summed E-state index contributed by atoms with van der Waals surface area (Å²) in [4.78, 5) is 0. The number of aryl methyl sites for hydroxylation is 1. The summed E-state index contributed by atoms with van der Waals surface area (Å²) in [7, 11) is 0. The number of fused-ring (bicyclic) bond motifs is 1. The molecule has 0 atom stereocenters. The molecule has 0 radical (unpaired) electrons. The van der Waals surface area contributed by atoms with Crippen LogP contribution in [0.25, 0.3) is 11.0 Å². The summed E-state index contributed by atoms with van der Waals surface area (Å²) in [5.41, 5.74) is 2.20. The molecule has 80 valence electrons. The molecule has 0 N–H and O–H groups in total. The molecular weight excluding hydrogens is 208 g/mol. The molecule has 0 saturated heterocycles. The van der Waals surface area contributed by atoms with Gasteiger partial charge in [-0.1, -0.05) is 44.5 Å². The molecule has 0 aliphatic heterocycles. The fraction of sp³-hybridized carbons (Fsp3) is 0.385. The Morgan fingerprint density at radius 1 is 1.20 bits per heavy atom. The van der Waals surface area contributed by atoms with Crippen molar-refractivity contribution in [2.45, 2.75) is 33.1 Å². The number of para-hydroxylation sites is 1. The van der Waals surface area contributed by atoms with Gasteiger partial charge in [-0.25, -0.2) is 0 Å². The summed E-state index contributed by atoms with van der Waals surface area (Å²) in [5.74, 6) is 0.795. The van der Waals surface area contributed by atoms with Crippen molar-refractivity contribution >= 4 is 22.6 Å². The second-order valence-corrected chi connectivity index (χ2v) is 5.28. The maximum Gasteiger partial charge on any atom is 0.139 e. The first kappa shape index (κ1) is 10.6. The van der Waals surface area contributed by atoms with Gasteiger partial charge >= 0.3 is 0 Å². The number of rotatable bonds is 0. The van der Waals surface area contributed by atoms with Crippen LogP contribution in [0.3, 0.4) is 0 Å². The van der Waals surface area contributed by atoms with Gasteiger partial charge < -0.3 is 4.42 Å². The van der Waals surface area contributed by atoms with Gasteiger partial charge in [0.25, 0.3) is 0 Å². The Hall–Kier alpha value is -0.950. The number of halogens is 1. The van der Waals surface area contributed by atoms with E-state index >= 15 is 0 Å². The third-order valence-electron chi connectivity index (χ3n) is 2.62. The highest BCUT2D eigenvalue weighted by Crippen LogP contribution is 2.36. The van der Waals surface area contributed by atoms with Gasteiger partial charge in [-0.3, -0.25) is 0 Å². The molecule has 0 saturated carbocycles. The monoisotopic (exact) mass is 222 g/mol. The molecule has 0 spiro atoms. The van der Waals surface area contributed by atoms with Crippen molar-refractivity contribution in [1.82, 2.24) is 0 Å². The van der Waals surface area contributed by atoms with E-state index in [4.69, 9.17) is 16.0 Å². The molecule has 0 aliphatic carbocycles. The van der Waals surface area contributed by atoms with E-state index in [2.05, 4.69) is 26.8 Å². The van der Waals surface area contributed by atoms with E-state index in [0.29, 0.717) is 0 Å². The van der Waals surface area contributed by atoms with E-state index in [1.54, 1.807) is 0 Å². The Morgan fingerprint density at radius 2 is 1.87 bits per heavy atom. The van der Waals surface area contributed by atoms with Gasteiger partial charge in [-0.2, -0.15) is 0 Å². The van der Waals surface area contributed by atoms with Crippen molar-refractivity contribution in [3.8, 4) is 0 Å². The minimum Gasteiger partial charge on any atom is -0.459 e. The van der Waals surface area contributed by atoms with Crippen molar-refractivity contribution in [2.24, 2.45) is 0 Å². The fourth-order valence-corrected chi connectivity index (χ4v) is 1.99. The molecular formula is C13H15ClO. The molecule has 1 aromatic heterocycles. The van der Waals surface area contributed by atoms with Gasteiger partial charge in [0.05, 0.1) is 5.02 Å². The first-order valence-corrected chi connectivity index (χ1v) is 5.47. The van der Waals surface area contributed by atoms with Crippen LogP contribution in [0.15, 0.2) is 22.6 Å². The lowest BCUT2D eigenvalue weighted by molar-refractivity contribution is 0.542. The van der Waals surface area contributed by atoms with Crippen molar-refractivity contribution in [1.29, 1.82) is 0 Å². The van der Waals surface area contributed by atoms with Gasteiger partial charge in [0, 0.05) is 10.9 Å². The number of benzene rings is 1. The first-order valence-electron chi connectivity index (χ1n) is 5.09. The molecule has 1 aromatic carbocycles. The highest BCUT2D eigenvalue weighted by Gasteiger charge is 2.20.